The van der Waals surface area contributed by atoms with E-state index in [1.165, 1.54) is 37.7 Å². The fourth-order valence-electron chi connectivity index (χ4n) is 3.42. The highest BCUT2D eigenvalue weighted by molar-refractivity contribution is 5.80. The van der Waals surface area contributed by atoms with Crippen molar-refractivity contribution in [3.05, 3.63) is 29.8 Å². The molecule has 1 aliphatic carbocycles. The summed E-state index contributed by atoms with van der Waals surface area (Å²) in [6.07, 6.45) is 6.49. The minimum Gasteiger partial charge on any atom is -0.496 e. The van der Waals surface area contributed by atoms with Crippen LogP contribution in [0.2, 0.25) is 0 Å². The van der Waals surface area contributed by atoms with Gasteiger partial charge < -0.3 is 20.3 Å². The summed E-state index contributed by atoms with van der Waals surface area (Å²) in [5.41, 5.74) is 1.17. The van der Waals surface area contributed by atoms with Crippen molar-refractivity contribution in [2.75, 3.05) is 34.3 Å². The van der Waals surface area contributed by atoms with Gasteiger partial charge in [0.25, 0.3) is 0 Å². The van der Waals surface area contributed by atoms with Crippen LogP contribution in [-0.4, -0.2) is 51.2 Å². The van der Waals surface area contributed by atoms with E-state index in [0.29, 0.717) is 12.6 Å². The Balaban J connectivity index is 2.10. The molecule has 0 radical (unpaired) electrons. The predicted octanol–water partition coefficient (Wildman–Crippen LogP) is 3.19. The number of aliphatic imine (C=N–C) groups is 1. The van der Waals surface area contributed by atoms with Crippen LogP contribution in [0.25, 0.3) is 0 Å². The minimum absolute atomic E-state index is 0.179. The number of methoxy groups -OCH3 is 1. The topological polar surface area (TPSA) is 48.9 Å². The van der Waals surface area contributed by atoms with E-state index in [0.717, 1.165) is 18.3 Å². The quantitative estimate of drug-likeness (QED) is 0.588. The average Bonchev–Trinajstić information content (AvgIpc) is 2.63. The van der Waals surface area contributed by atoms with Gasteiger partial charge in [-0.05, 0) is 39.9 Å². The smallest absolute Gasteiger partial charge is 0.191 e. The summed E-state index contributed by atoms with van der Waals surface area (Å²) in [5, 5.41) is 7.01. The molecule has 5 heteroatoms. The van der Waals surface area contributed by atoms with Crippen LogP contribution in [0.3, 0.4) is 0 Å². The number of ether oxygens (including phenoxy) is 1. The summed E-state index contributed by atoms with van der Waals surface area (Å²) in [5.74, 6) is 1.85. The summed E-state index contributed by atoms with van der Waals surface area (Å²) >= 11 is 0. The van der Waals surface area contributed by atoms with E-state index in [1.54, 1.807) is 7.11 Å². The zero-order valence-electron chi connectivity index (χ0n) is 16.2. The number of nitrogens with one attached hydrogen (secondary N) is 2. The molecule has 0 saturated heterocycles. The molecule has 1 aliphatic rings. The Kier molecular flexibility index (Phi) is 8.06. The maximum Gasteiger partial charge on any atom is 0.191 e. The Morgan fingerprint density at radius 1 is 1.24 bits per heavy atom. The van der Waals surface area contributed by atoms with E-state index in [2.05, 4.69) is 48.7 Å². The molecule has 1 atom stereocenters. The van der Waals surface area contributed by atoms with Crippen LogP contribution in [0.5, 0.6) is 5.75 Å². The first kappa shape index (κ1) is 19.6. The lowest BCUT2D eigenvalue weighted by Gasteiger charge is -2.27. The number of para-hydroxylation sites is 1. The van der Waals surface area contributed by atoms with Gasteiger partial charge in [-0.2, -0.15) is 0 Å². The van der Waals surface area contributed by atoms with Gasteiger partial charge in [-0.15, -0.1) is 0 Å². The molecule has 1 aromatic rings. The van der Waals surface area contributed by atoms with Crippen LogP contribution in [0.1, 0.15) is 50.6 Å². The Morgan fingerprint density at radius 3 is 2.60 bits per heavy atom. The first-order valence-electron chi connectivity index (χ1n) is 9.49. The standard InChI is InChI=1S/C20H34N4O/c1-5-21-20(23-16-11-7-6-8-12-16)22-15-18(24(2)3)17-13-9-10-14-19(17)25-4/h9-10,13-14,16,18H,5-8,11-12,15H2,1-4H3,(H2,21,22,23). The first-order valence-corrected chi connectivity index (χ1v) is 9.49. The molecule has 140 valence electrons. The SMILES string of the molecule is CCNC(=NCC(c1ccccc1OC)N(C)C)NC1CCCCC1. The van der Waals surface area contributed by atoms with Crippen molar-refractivity contribution in [2.24, 2.45) is 4.99 Å². The van der Waals surface area contributed by atoms with E-state index in [-0.39, 0.29) is 6.04 Å². The highest BCUT2D eigenvalue weighted by Gasteiger charge is 2.19. The molecule has 2 rings (SSSR count). The van der Waals surface area contributed by atoms with Gasteiger partial charge in [0, 0.05) is 18.2 Å². The maximum absolute atomic E-state index is 5.55. The van der Waals surface area contributed by atoms with Gasteiger partial charge in [-0.1, -0.05) is 37.5 Å². The van der Waals surface area contributed by atoms with Crippen molar-refractivity contribution in [2.45, 2.75) is 51.1 Å². The fraction of sp³-hybridized carbons (Fsp3) is 0.650. The van der Waals surface area contributed by atoms with E-state index in [1.807, 2.05) is 12.1 Å². The Bertz CT molecular complexity index is 538. The maximum atomic E-state index is 5.55. The molecule has 0 spiro atoms. The van der Waals surface area contributed by atoms with Crippen molar-refractivity contribution >= 4 is 5.96 Å². The second-order valence-corrected chi connectivity index (χ2v) is 6.92. The van der Waals surface area contributed by atoms with Gasteiger partial charge in [-0.3, -0.25) is 4.99 Å². The number of hydrogen-bond acceptors (Lipinski definition) is 3. The van der Waals surface area contributed by atoms with Gasteiger partial charge in [-0.25, -0.2) is 0 Å². The molecule has 1 unspecified atom stereocenters. The molecule has 1 saturated carbocycles. The van der Waals surface area contributed by atoms with Crippen molar-refractivity contribution in [3.63, 3.8) is 0 Å². The van der Waals surface area contributed by atoms with E-state index < -0.39 is 0 Å². The molecule has 5 nitrogen and oxygen atoms in total. The third kappa shape index (κ3) is 5.92. The molecule has 0 amide bonds. The summed E-state index contributed by atoms with van der Waals surface area (Å²) < 4.78 is 5.55. The average molecular weight is 347 g/mol. The molecule has 0 aliphatic heterocycles. The molecular weight excluding hydrogens is 312 g/mol. The van der Waals surface area contributed by atoms with Crippen LogP contribution < -0.4 is 15.4 Å². The van der Waals surface area contributed by atoms with Crippen molar-refractivity contribution in [1.29, 1.82) is 0 Å². The molecule has 2 N–H and O–H groups in total. The van der Waals surface area contributed by atoms with Gasteiger partial charge >= 0.3 is 0 Å². The fourth-order valence-corrected chi connectivity index (χ4v) is 3.42. The lowest BCUT2D eigenvalue weighted by molar-refractivity contribution is 0.294. The molecule has 0 aromatic heterocycles. The first-order chi connectivity index (χ1) is 12.2. The molecule has 0 bridgehead atoms. The van der Waals surface area contributed by atoms with Crippen molar-refractivity contribution in [3.8, 4) is 5.75 Å². The minimum atomic E-state index is 0.179. The monoisotopic (exact) mass is 346 g/mol. The molecule has 25 heavy (non-hydrogen) atoms. The lowest BCUT2D eigenvalue weighted by Crippen LogP contribution is -2.44. The Morgan fingerprint density at radius 2 is 1.96 bits per heavy atom. The Hall–Kier alpha value is -1.75. The van der Waals surface area contributed by atoms with Crippen LogP contribution in [0.4, 0.5) is 0 Å². The van der Waals surface area contributed by atoms with Crippen LogP contribution >= 0.6 is 0 Å². The Labute approximate surface area is 152 Å². The van der Waals surface area contributed by atoms with Crippen molar-refractivity contribution < 1.29 is 4.74 Å². The van der Waals surface area contributed by atoms with Gasteiger partial charge in [0.15, 0.2) is 5.96 Å². The van der Waals surface area contributed by atoms with Gasteiger partial charge in [0.05, 0.1) is 19.7 Å². The van der Waals surface area contributed by atoms with E-state index >= 15 is 0 Å². The summed E-state index contributed by atoms with van der Waals surface area (Å²) in [6, 6.07) is 8.94. The number of guanidine groups is 1. The zero-order valence-corrected chi connectivity index (χ0v) is 16.2. The largest absolute Gasteiger partial charge is 0.496 e. The third-order valence-corrected chi connectivity index (χ3v) is 4.83. The number of benzene rings is 1. The zero-order chi connectivity index (χ0) is 18.1. The predicted molar refractivity (Wildman–Crippen MR) is 105 cm³/mol. The summed E-state index contributed by atoms with van der Waals surface area (Å²) in [7, 11) is 5.91. The highest BCUT2D eigenvalue weighted by atomic mass is 16.5. The number of rotatable bonds is 7. The number of likely N-dealkylation sites (N-methyl/N-ethyl adjacent to an activating group) is 1. The summed E-state index contributed by atoms with van der Waals surface area (Å²) in [4.78, 5) is 7.08. The second kappa shape index (κ2) is 10.3. The van der Waals surface area contributed by atoms with E-state index in [9.17, 15) is 0 Å². The van der Waals surface area contributed by atoms with Crippen LogP contribution in [0.15, 0.2) is 29.3 Å². The number of nitrogens with zero attached hydrogens (tertiary/aromatic N) is 2. The third-order valence-electron chi connectivity index (χ3n) is 4.83. The van der Waals surface area contributed by atoms with E-state index in [4.69, 9.17) is 9.73 Å². The van der Waals surface area contributed by atoms with Gasteiger partial charge in [0.2, 0.25) is 0 Å². The summed E-state index contributed by atoms with van der Waals surface area (Å²) in [6.45, 7) is 3.68. The second-order valence-electron chi connectivity index (χ2n) is 6.92. The van der Waals surface area contributed by atoms with Gasteiger partial charge in [0.1, 0.15) is 5.75 Å². The van der Waals surface area contributed by atoms with Crippen molar-refractivity contribution in [1.82, 2.24) is 15.5 Å². The number of hydrogen-bond donors (Lipinski definition) is 2. The molecule has 1 aromatic carbocycles. The normalized spacial score (nSPS) is 17.4. The highest BCUT2D eigenvalue weighted by Crippen LogP contribution is 2.28. The molecular formula is C20H34N4O. The van der Waals surface area contributed by atoms with Crippen LogP contribution in [0, 0.1) is 0 Å². The van der Waals surface area contributed by atoms with Crippen LogP contribution in [-0.2, 0) is 0 Å². The molecule has 0 heterocycles. The molecule has 1 fully saturated rings. The lowest BCUT2D eigenvalue weighted by atomic mass is 9.96.